The maximum absolute atomic E-state index is 12.2. The SMILES string of the molecule is Cc1ccc(S(=O)(=O)NNC(=O)CN2C(=O)COc3ccccc32)cc1. The van der Waals surface area contributed by atoms with Gasteiger partial charge < -0.3 is 4.74 Å². The van der Waals surface area contributed by atoms with Crippen LogP contribution < -0.4 is 19.9 Å². The number of carbonyl (C=O) groups excluding carboxylic acids is 2. The second-order valence-electron chi connectivity index (χ2n) is 5.70. The molecule has 0 unspecified atom stereocenters. The van der Waals surface area contributed by atoms with Crippen molar-refractivity contribution in [2.24, 2.45) is 0 Å². The van der Waals surface area contributed by atoms with E-state index < -0.39 is 15.9 Å². The fourth-order valence-electron chi connectivity index (χ4n) is 2.41. The largest absolute Gasteiger partial charge is 0.482 e. The minimum atomic E-state index is -3.90. The van der Waals surface area contributed by atoms with Crippen LogP contribution in [-0.2, 0) is 19.6 Å². The number of benzene rings is 2. The minimum Gasteiger partial charge on any atom is -0.482 e. The van der Waals surface area contributed by atoms with Crippen LogP contribution in [0.1, 0.15) is 5.56 Å². The van der Waals surface area contributed by atoms with Crippen molar-refractivity contribution in [2.75, 3.05) is 18.1 Å². The zero-order chi connectivity index (χ0) is 18.7. The molecular weight excluding hydrogens is 358 g/mol. The maximum Gasteiger partial charge on any atom is 0.265 e. The highest BCUT2D eigenvalue weighted by Crippen LogP contribution is 2.31. The van der Waals surface area contributed by atoms with Crippen LogP contribution in [0.5, 0.6) is 5.75 Å². The molecule has 2 aromatic carbocycles. The van der Waals surface area contributed by atoms with Gasteiger partial charge in [0.05, 0.1) is 10.6 Å². The molecule has 9 heteroatoms. The summed E-state index contributed by atoms with van der Waals surface area (Å²) in [6.07, 6.45) is 0. The normalized spacial score (nSPS) is 13.7. The van der Waals surface area contributed by atoms with Crippen molar-refractivity contribution in [2.45, 2.75) is 11.8 Å². The maximum atomic E-state index is 12.2. The fourth-order valence-corrected chi connectivity index (χ4v) is 3.27. The molecule has 0 saturated heterocycles. The van der Waals surface area contributed by atoms with Gasteiger partial charge in [-0.3, -0.25) is 19.9 Å². The van der Waals surface area contributed by atoms with E-state index in [4.69, 9.17) is 4.74 Å². The average Bonchev–Trinajstić information content (AvgIpc) is 2.63. The van der Waals surface area contributed by atoms with Crippen LogP contribution in [0.25, 0.3) is 0 Å². The zero-order valence-corrected chi connectivity index (χ0v) is 14.7. The highest BCUT2D eigenvalue weighted by molar-refractivity contribution is 7.89. The number of anilines is 1. The van der Waals surface area contributed by atoms with Gasteiger partial charge in [0.15, 0.2) is 6.61 Å². The van der Waals surface area contributed by atoms with Crippen molar-refractivity contribution in [1.82, 2.24) is 10.3 Å². The Bertz CT molecular complexity index is 941. The number of hydrazine groups is 1. The summed E-state index contributed by atoms with van der Waals surface area (Å²) in [7, 11) is -3.90. The predicted molar refractivity (Wildman–Crippen MR) is 93.9 cm³/mol. The molecule has 0 atom stereocenters. The Morgan fingerprint density at radius 2 is 1.85 bits per heavy atom. The molecule has 0 radical (unpaired) electrons. The van der Waals surface area contributed by atoms with Crippen molar-refractivity contribution in [3.8, 4) is 5.75 Å². The van der Waals surface area contributed by atoms with Gasteiger partial charge >= 0.3 is 0 Å². The van der Waals surface area contributed by atoms with Crippen LogP contribution in [0.4, 0.5) is 5.69 Å². The molecule has 2 aromatic rings. The van der Waals surface area contributed by atoms with E-state index in [9.17, 15) is 18.0 Å². The molecule has 0 bridgehead atoms. The van der Waals surface area contributed by atoms with E-state index in [1.807, 2.05) is 11.8 Å². The molecule has 0 spiro atoms. The smallest absolute Gasteiger partial charge is 0.265 e. The Hall–Kier alpha value is -2.91. The van der Waals surface area contributed by atoms with Gasteiger partial charge in [-0.25, -0.2) is 8.42 Å². The van der Waals surface area contributed by atoms with Gasteiger partial charge in [-0.2, -0.15) is 0 Å². The second kappa shape index (κ2) is 7.14. The van der Waals surface area contributed by atoms with Crippen LogP contribution in [0.3, 0.4) is 0 Å². The summed E-state index contributed by atoms with van der Waals surface area (Å²) in [4.78, 5) is 27.5. The van der Waals surface area contributed by atoms with E-state index in [2.05, 4.69) is 5.43 Å². The van der Waals surface area contributed by atoms with Crippen molar-refractivity contribution in [3.05, 3.63) is 54.1 Å². The van der Waals surface area contributed by atoms with E-state index in [1.54, 1.807) is 36.4 Å². The van der Waals surface area contributed by atoms with E-state index in [0.29, 0.717) is 11.4 Å². The van der Waals surface area contributed by atoms with Crippen molar-refractivity contribution < 1.29 is 22.7 Å². The van der Waals surface area contributed by atoms with E-state index in [-0.39, 0.29) is 24.0 Å². The Labute approximate surface area is 150 Å². The highest BCUT2D eigenvalue weighted by atomic mass is 32.2. The van der Waals surface area contributed by atoms with Crippen LogP contribution in [-0.4, -0.2) is 33.4 Å². The van der Waals surface area contributed by atoms with Crippen molar-refractivity contribution in [3.63, 3.8) is 0 Å². The number of para-hydroxylation sites is 2. The monoisotopic (exact) mass is 375 g/mol. The third-order valence-electron chi connectivity index (χ3n) is 3.77. The topological polar surface area (TPSA) is 105 Å². The van der Waals surface area contributed by atoms with Gasteiger partial charge in [0, 0.05) is 0 Å². The van der Waals surface area contributed by atoms with E-state index in [0.717, 1.165) is 5.56 Å². The fraction of sp³-hybridized carbons (Fsp3) is 0.176. The summed E-state index contributed by atoms with van der Waals surface area (Å²) < 4.78 is 29.6. The second-order valence-corrected chi connectivity index (χ2v) is 7.39. The first-order chi connectivity index (χ1) is 12.4. The molecule has 0 fully saturated rings. The number of hydrogen-bond acceptors (Lipinski definition) is 5. The number of aryl methyl sites for hydroxylation is 1. The number of ether oxygens (including phenoxy) is 1. The highest BCUT2D eigenvalue weighted by Gasteiger charge is 2.27. The molecule has 1 heterocycles. The number of rotatable bonds is 5. The first-order valence-corrected chi connectivity index (χ1v) is 9.25. The predicted octanol–water partition coefficient (Wildman–Crippen LogP) is 0.730. The van der Waals surface area contributed by atoms with Crippen LogP contribution in [0.2, 0.25) is 0 Å². The van der Waals surface area contributed by atoms with Crippen LogP contribution in [0.15, 0.2) is 53.4 Å². The number of carbonyl (C=O) groups is 2. The molecule has 0 aromatic heterocycles. The van der Waals surface area contributed by atoms with Crippen LogP contribution >= 0.6 is 0 Å². The number of sulfonamides is 1. The third-order valence-corrected chi connectivity index (χ3v) is 5.03. The number of amides is 2. The Morgan fingerprint density at radius 1 is 1.15 bits per heavy atom. The summed E-state index contributed by atoms with van der Waals surface area (Å²) in [6, 6.07) is 13.0. The van der Waals surface area contributed by atoms with E-state index >= 15 is 0 Å². The van der Waals surface area contributed by atoms with E-state index in [1.165, 1.54) is 17.0 Å². The van der Waals surface area contributed by atoms with Gasteiger partial charge in [-0.1, -0.05) is 29.8 Å². The molecule has 1 aliphatic heterocycles. The molecule has 26 heavy (non-hydrogen) atoms. The van der Waals surface area contributed by atoms with Gasteiger partial charge in [-0.05, 0) is 31.2 Å². The van der Waals surface area contributed by atoms with Crippen molar-refractivity contribution >= 4 is 27.5 Å². The average molecular weight is 375 g/mol. The lowest BCUT2D eigenvalue weighted by molar-refractivity contribution is -0.125. The lowest BCUT2D eigenvalue weighted by atomic mass is 10.2. The molecular formula is C17H17N3O5S. The Kier molecular flexibility index (Phi) is 4.92. The number of nitrogens with one attached hydrogen (secondary N) is 2. The lowest BCUT2D eigenvalue weighted by Gasteiger charge is -2.28. The zero-order valence-electron chi connectivity index (χ0n) is 13.9. The van der Waals surface area contributed by atoms with Crippen molar-refractivity contribution in [1.29, 1.82) is 0 Å². The quantitative estimate of drug-likeness (QED) is 0.750. The molecule has 2 amide bonds. The first kappa shape index (κ1) is 17.9. The Balaban J connectivity index is 1.66. The molecule has 1 aliphatic rings. The molecule has 3 rings (SSSR count). The number of fused-ring (bicyclic) bond motifs is 1. The first-order valence-electron chi connectivity index (χ1n) is 7.76. The summed E-state index contributed by atoms with van der Waals surface area (Å²) in [5.41, 5.74) is 3.50. The summed E-state index contributed by atoms with van der Waals surface area (Å²) in [5.74, 6) is -0.578. The molecule has 2 N–H and O–H groups in total. The minimum absolute atomic E-state index is 0.0243. The summed E-state index contributed by atoms with van der Waals surface area (Å²) >= 11 is 0. The number of nitrogens with zero attached hydrogens (tertiary/aromatic N) is 1. The van der Waals surface area contributed by atoms with Gasteiger partial charge in [-0.15, -0.1) is 4.83 Å². The Morgan fingerprint density at radius 3 is 2.58 bits per heavy atom. The standard InChI is InChI=1S/C17H17N3O5S/c1-12-6-8-13(9-7-12)26(23,24)19-18-16(21)10-20-14-4-2-3-5-15(14)25-11-17(20)22/h2-9,19H,10-11H2,1H3,(H,18,21). The lowest BCUT2D eigenvalue weighted by Crippen LogP contribution is -2.49. The summed E-state index contributed by atoms with van der Waals surface area (Å²) in [6.45, 7) is 1.32. The number of hydrogen-bond donors (Lipinski definition) is 2. The van der Waals surface area contributed by atoms with Gasteiger partial charge in [0.25, 0.3) is 21.8 Å². The van der Waals surface area contributed by atoms with Gasteiger partial charge in [0.2, 0.25) is 0 Å². The third kappa shape index (κ3) is 3.84. The van der Waals surface area contributed by atoms with Gasteiger partial charge in [0.1, 0.15) is 12.3 Å². The molecule has 0 saturated carbocycles. The molecule has 0 aliphatic carbocycles. The molecule has 136 valence electrons. The summed E-state index contributed by atoms with van der Waals surface area (Å²) in [5, 5.41) is 0. The van der Waals surface area contributed by atoms with Crippen LogP contribution in [0, 0.1) is 6.92 Å². The molecule has 8 nitrogen and oxygen atoms in total.